The van der Waals surface area contributed by atoms with E-state index in [2.05, 4.69) is 16.9 Å². The molecule has 4 nitrogen and oxygen atoms in total. The number of pyridine rings is 1. The van der Waals surface area contributed by atoms with Gasteiger partial charge < -0.3 is 11.1 Å². The first kappa shape index (κ1) is 10.1. The number of nitrogens with two attached hydrogens (primary N) is 1. The summed E-state index contributed by atoms with van der Waals surface area (Å²) in [7, 11) is 0. The standard InChI is InChI=1S/C10H12N4/c1-3-7(2)14-10-8(5-11)4-9(12)6-13-10/h3-4,6-7H,1,12H2,2H3,(H,13,14). The van der Waals surface area contributed by atoms with E-state index in [-0.39, 0.29) is 6.04 Å². The zero-order valence-electron chi connectivity index (χ0n) is 7.99. The Morgan fingerprint density at radius 3 is 3.07 bits per heavy atom. The maximum absolute atomic E-state index is 8.82. The van der Waals surface area contributed by atoms with Crippen molar-refractivity contribution in [1.29, 1.82) is 5.26 Å². The lowest BCUT2D eigenvalue weighted by molar-refractivity contribution is 0.982. The quantitative estimate of drug-likeness (QED) is 0.705. The average Bonchev–Trinajstić information content (AvgIpc) is 2.20. The molecular weight excluding hydrogens is 176 g/mol. The molecule has 0 saturated heterocycles. The van der Waals surface area contributed by atoms with E-state index in [0.29, 0.717) is 17.1 Å². The van der Waals surface area contributed by atoms with Crippen LogP contribution in [0.2, 0.25) is 0 Å². The number of nitrogens with zero attached hydrogens (tertiary/aromatic N) is 2. The van der Waals surface area contributed by atoms with Crippen LogP contribution in [0.25, 0.3) is 0 Å². The van der Waals surface area contributed by atoms with Crippen molar-refractivity contribution in [2.45, 2.75) is 13.0 Å². The molecule has 0 saturated carbocycles. The fraction of sp³-hybridized carbons (Fsp3) is 0.200. The summed E-state index contributed by atoms with van der Waals surface area (Å²) >= 11 is 0. The zero-order chi connectivity index (χ0) is 10.6. The number of anilines is 2. The summed E-state index contributed by atoms with van der Waals surface area (Å²) in [6, 6.07) is 3.68. The van der Waals surface area contributed by atoms with Gasteiger partial charge in [-0.2, -0.15) is 5.26 Å². The number of hydrogen-bond acceptors (Lipinski definition) is 4. The van der Waals surface area contributed by atoms with E-state index in [0.717, 1.165) is 0 Å². The van der Waals surface area contributed by atoms with Crippen LogP contribution >= 0.6 is 0 Å². The van der Waals surface area contributed by atoms with Crippen molar-refractivity contribution in [1.82, 2.24) is 4.98 Å². The van der Waals surface area contributed by atoms with Crippen molar-refractivity contribution in [3.8, 4) is 6.07 Å². The molecule has 0 fully saturated rings. The van der Waals surface area contributed by atoms with Gasteiger partial charge in [-0.1, -0.05) is 6.08 Å². The summed E-state index contributed by atoms with van der Waals surface area (Å²) in [5.41, 5.74) is 6.43. The molecule has 0 aliphatic carbocycles. The first-order valence-electron chi connectivity index (χ1n) is 4.22. The van der Waals surface area contributed by atoms with Crippen molar-refractivity contribution in [2.75, 3.05) is 11.1 Å². The summed E-state index contributed by atoms with van der Waals surface area (Å²) in [6.07, 6.45) is 3.25. The second-order valence-electron chi connectivity index (χ2n) is 2.95. The molecule has 0 amide bonds. The van der Waals surface area contributed by atoms with E-state index in [1.807, 2.05) is 13.0 Å². The molecule has 1 atom stereocenters. The molecule has 4 heteroatoms. The SMILES string of the molecule is C=CC(C)Nc1ncc(N)cc1C#N. The van der Waals surface area contributed by atoms with Crippen LogP contribution in [-0.2, 0) is 0 Å². The Morgan fingerprint density at radius 2 is 2.50 bits per heavy atom. The van der Waals surface area contributed by atoms with Gasteiger partial charge in [-0.25, -0.2) is 4.98 Å². The van der Waals surface area contributed by atoms with Gasteiger partial charge in [0.15, 0.2) is 0 Å². The fourth-order valence-corrected chi connectivity index (χ4v) is 0.956. The van der Waals surface area contributed by atoms with Crippen LogP contribution in [0.4, 0.5) is 11.5 Å². The summed E-state index contributed by atoms with van der Waals surface area (Å²) < 4.78 is 0. The van der Waals surface area contributed by atoms with Crippen LogP contribution in [0.15, 0.2) is 24.9 Å². The van der Waals surface area contributed by atoms with Crippen LogP contribution < -0.4 is 11.1 Å². The minimum absolute atomic E-state index is 0.0678. The molecule has 1 unspecified atom stereocenters. The van der Waals surface area contributed by atoms with E-state index in [4.69, 9.17) is 11.0 Å². The molecule has 0 aliphatic rings. The molecule has 14 heavy (non-hydrogen) atoms. The smallest absolute Gasteiger partial charge is 0.144 e. The summed E-state index contributed by atoms with van der Waals surface area (Å²) in [5.74, 6) is 0.536. The van der Waals surface area contributed by atoms with Crippen LogP contribution in [0.5, 0.6) is 0 Å². The first-order valence-corrected chi connectivity index (χ1v) is 4.22. The highest BCUT2D eigenvalue weighted by Gasteiger charge is 2.05. The van der Waals surface area contributed by atoms with E-state index in [1.165, 1.54) is 6.20 Å². The van der Waals surface area contributed by atoms with Gasteiger partial charge in [0.05, 0.1) is 17.4 Å². The second kappa shape index (κ2) is 4.28. The van der Waals surface area contributed by atoms with Gasteiger partial charge in [-0.3, -0.25) is 0 Å². The highest BCUT2D eigenvalue weighted by molar-refractivity contribution is 5.57. The monoisotopic (exact) mass is 188 g/mol. The molecule has 1 heterocycles. The molecule has 3 N–H and O–H groups in total. The molecule has 0 aliphatic heterocycles. The van der Waals surface area contributed by atoms with Crippen LogP contribution in [0.3, 0.4) is 0 Å². The van der Waals surface area contributed by atoms with Gasteiger partial charge in [0.2, 0.25) is 0 Å². The lowest BCUT2D eigenvalue weighted by Crippen LogP contribution is -2.13. The van der Waals surface area contributed by atoms with E-state index in [9.17, 15) is 0 Å². The average molecular weight is 188 g/mol. The highest BCUT2D eigenvalue weighted by atomic mass is 15.0. The van der Waals surface area contributed by atoms with Crippen LogP contribution in [-0.4, -0.2) is 11.0 Å². The van der Waals surface area contributed by atoms with E-state index in [1.54, 1.807) is 12.1 Å². The van der Waals surface area contributed by atoms with Gasteiger partial charge in [0.25, 0.3) is 0 Å². The number of nitriles is 1. The van der Waals surface area contributed by atoms with Crippen molar-refractivity contribution in [2.24, 2.45) is 0 Å². The minimum Gasteiger partial charge on any atom is -0.397 e. The number of nitrogens with one attached hydrogen (secondary N) is 1. The topological polar surface area (TPSA) is 74.7 Å². The maximum atomic E-state index is 8.82. The third-order valence-corrected chi connectivity index (χ3v) is 1.75. The number of aromatic nitrogens is 1. The lowest BCUT2D eigenvalue weighted by Gasteiger charge is -2.10. The zero-order valence-corrected chi connectivity index (χ0v) is 7.99. The van der Waals surface area contributed by atoms with Crippen molar-refractivity contribution < 1.29 is 0 Å². The van der Waals surface area contributed by atoms with Crippen LogP contribution in [0, 0.1) is 11.3 Å². The molecule has 1 aromatic heterocycles. The molecule has 0 aromatic carbocycles. The molecular formula is C10H12N4. The highest BCUT2D eigenvalue weighted by Crippen LogP contribution is 2.15. The largest absolute Gasteiger partial charge is 0.397 e. The third kappa shape index (κ3) is 2.23. The Bertz CT molecular complexity index is 378. The number of hydrogen-bond donors (Lipinski definition) is 2. The predicted molar refractivity (Wildman–Crippen MR) is 56.6 cm³/mol. The molecule has 1 aromatic rings. The van der Waals surface area contributed by atoms with E-state index < -0.39 is 0 Å². The normalized spacial score (nSPS) is 11.4. The Labute approximate surface area is 83.1 Å². The first-order chi connectivity index (χ1) is 6.67. The second-order valence-corrected chi connectivity index (χ2v) is 2.95. The Balaban J connectivity index is 2.98. The number of rotatable bonds is 3. The minimum atomic E-state index is 0.0678. The number of nitrogen functional groups attached to an aromatic ring is 1. The Hall–Kier alpha value is -2.02. The molecule has 72 valence electrons. The van der Waals surface area contributed by atoms with E-state index >= 15 is 0 Å². The molecule has 0 radical (unpaired) electrons. The molecule has 0 bridgehead atoms. The van der Waals surface area contributed by atoms with Crippen molar-refractivity contribution in [3.05, 3.63) is 30.5 Å². The Morgan fingerprint density at radius 1 is 1.79 bits per heavy atom. The molecule has 0 spiro atoms. The van der Waals surface area contributed by atoms with Gasteiger partial charge in [0, 0.05) is 6.04 Å². The van der Waals surface area contributed by atoms with Crippen LogP contribution in [0.1, 0.15) is 12.5 Å². The fourth-order valence-electron chi connectivity index (χ4n) is 0.956. The summed E-state index contributed by atoms with van der Waals surface area (Å²) in [5, 5.41) is 11.8. The summed E-state index contributed by atoms with van der Waals surface area (Å²) in [6.45, 7) is 5.55. The van der Waals surface area contributed by atoms with Gasteiger partial charge in [0.1, 0.15) is 11.9 Å². The third-order valence-electron chi connectivity index (χ3n) is 1.75. The van der Waals surface area contributed by atoms with Crippen molar-refractivity contribution >= 4 is 11.5 Å². The lowest BCUT2D eigenvalue weighted by atomic mass is 10.2. The predicted octanol–water partition coefficient (Wildman–Crippen LogP) is 1.52. The maximum Gasteiger partial charge on any atom is 0.144 e. The van der Waals surface area contributed by atoms with Crippen molar-refractivity contribution in [3.63, 3.8) is 0 Å². The summed E-state index contributed by atoms with van der Waals surface area (Å²) in [4.78, 5) is 4.03. The van der Waals surface area contributed by atoms with Gasteiger partial charge in [-0.05, 0) is 13.0 Å². The molecule has 1 rings (SSSR count). The Kier molecular flexibility index (Phi) is 3.08. The van der Waals surface area contributed by atoms with Gasteiger partial charge >= 0.3 is 0 Å². The van der Waals surface area contributed by atoms with Gasteiger partial charge in [-0.15, -0.1) is 6.58 Å².